The van der Waals surface area contributed by atoms with E-state index < -0.39 is 11.9 Å². The van der Waals surface area contributed by atoms with Crippen molar-refractivity contribution in [1.82, 2.24) is 5.01 Å². The molecule has 1 amide bonds. The maximum Gasteiger partial charge on any atom is 0.312 e. The highest BCUT2D eigenvalue weighted by molar-refractivity contribution is 6.28. The first-order valence-electron chi connectivity index (χ1n) is 7.46. The summed E-state index contributed by atoms with van der Waals surface area (Å²) in [4.78, 5) is 24.0. The zero-order valence-electron chi connectivity index (χ0n) is 13.4. The average molecular weight is 316 g/mol. The first-order chi connectivity index (χ1) is 11.0. The Morgan fingerprint density at radius 1 is 1.35 bits per heavy atom. The van der Waals surface area contributed by atoms with E-state index in [1.807, 2.05) is 37.3 Å². The molecule has 122 valence electrons. The van der Waals surface area contributed by atoms with Crippen LogP contribution in [0.4, 0.5) is 0 Å². The standard InChI is InChI=1S/C17H20N2O4/c1-4-23-12(3)14-15(11(2)17(21)22)18-19(16(14)20)10-13-8-6-5-7-9-13/h5-9,11H,4,10H2,1-3H3,(H,21,22)/b14-12+. The van der Waals surface area contributed by atoms with Crippen molar-refractivity contribution >= 4 is 17.6 Å². The number of benzene rings is 1. The van der Waals surface area contributed by atoms with Crippen LogP contribution in [-0.4, -0.2) is 34.3 Å². The fourth-order valence-electron chi connectivity index (χ4n) is 2.37. The Hall–Kier alpha value is -2.63. The third kappa shape index (κ3) is 3.59. The van der Waals surface area contributed by atoms with Gasteiger partial charge in [0.1, 0.15) is 11.3 Å². The second kappa shape index (κ2) is 7.09. The van der Waals surface area contributed by atoms with E-state index in [1.54, 1.807) is 6.92 Å². The number of carbonyl (C=O) groups excluding carboxylic acids is 1. The van der Waals surface area contributed by atoms with E-state index in [1.165, 1.54) is 11.9 Å². The molecule has 1 unspecified atom stereocenters. The van der Waals surface area contributed by atoms with Gasteiger partial charge in [0, 0.05) is 0 Å². The molecule has 1 aromatic rings. The van der Waals surface area contributed by atoms with Gasteiger partial charge in [-0.15, -0.1) is 0 Å². The lowest BCUT2D eigenvalue weighted by Gasteiger charge is -2.12. The van der Waals surface area contributed by atoms with Gasteiger partial charge >= 0.3 is 5.97 Å². The lowest BCUT2D eigenvalue weighted by atomic mass is 9.98. The van der Waals surface area contributed by atoms with Crippen molar-refractivity contribution in [2.45, 2.75) is 27.3 Å². The van der Waals surface area contributed by atoms with Gasteiger partial charge in [-0.2, -0.15) is 5.10 Å². The Morgan fingerprint density at radius 2 is 2.00 bits per heavy atom. The molecule has 1 aromatic carbocycles. The third-order valence-electron chi connectivity index (χ3n) is 3.60. The third-order valence-corrected chi connectivity index (χ3v) is 3.60. The smallest absolute Gasteiger partial charge is 0.312 e. The molecule has 1 atom stereocenters. The number of carbonyl (C=O) groups is 2. The number of carboxylic acid groups (broad SMARTS) is 1. The van der Waals surface area contributed by atoms with Crippen LogP contribution in [-0.2, 0) is 20.9 Å². The van der Waals surface area contributed by atoms with E-state index in [-0.39, 0.29) is 17.2 Å². The van der Waals surface area contributed by atoms with Gasteiger partial charge in [-0.3, -0.25) is 9.59 Å². The zero-order chi connectivity index (χ0) is 17.0. The summed E-state index contributed by atoms with van der Waals surface area (Å²) in [5, 5.41) is 14.8. The van der Waals surface area contributed by atoms with Gasteiger partial charge in [-0.1, -0.05) is 30.3 Å². The van der Waals surface area contributed by atoms with E-state index in [4.69, 9.17) is 4.74 Å². The van der Waals surface area contributed by atoms with Crippen LogP contribution < -0.4 is 0 Å². The van der Waals surface area contributed by atoms with Crippen molar-refractivity contribution in [3.8, 4) is 0 Å². The highest BCUT2D eigenvalue weighted by atomic mass is 16.5. The SMILES string of the molecule is CCO/C(C)=C1/C(=O)N(Cc2ccccc2)N=C1C(C)C(=O)O. The zero-order valence-corrected chi connectivity index (χ0v) is 13.4. The van der Waals surface area contributed by atoms with Gasteiger partial charge in [-0.05, 0) is 26.3 Å². The number of hydrazone groups is 1. The Balaban J connectivity index is 2.37. The van der Waals surface area contributed by atoms with E-state index in [2.05, 4.69) is 5.10 Å². The number of aliphatic carboxylic acids is 1. The molecule has 0 radical (unpaired) electrons. The molecule has 0 aliphatic carbocycles. The van der Waals surface area contributed by atoms with Crippen LogP contribution in [0.3, 0.4) is 0 Å². The monoisotopic (exact) mass is 316 g/mol. The summed E-state index contributed by atoms with van der Waals surface area (Å²) < 4.78 is 5.41. The molecular formula is C17H20N2O4. The number of rotatable bonds is 6. The molecule has 0 aromatic heterocycles. The summed E-state index contributed by atoms with van der Waals surface area (Å²) >= 11 is 0. The molecule has 0 spiro atoms. The van der Waals surface area contributed by atoms with Crippen molar-refractivity contribution in [3.05, 3.63) is 47.2 Å². The number of carboxylic acids is 1. The maximum atomic E-state index is 12.6. The van der Waals surface area contributed by atoms with Crippen LogP contribution in [0.15, 0.2) is 46.8 Å². The van der Waals surface area contributed by atoms with Crippen molar-refractivity contribution in [1.29, 1.82) is 0 Å². The molecule has 6 nitrogen and oxygen atoms in total. The fourth-order valence-corrected chi connectivity index (χ4v) is 2.37. The predicted octanol–water partition coefficient (Wildman–Crippen LogP) is 2.42. The Bertz CT molecular complexity index is 664. The molecule has 0 saturated carbocycles. The summed E-state index contributed by atoms with van der Waals surface area (Å²) in [7, 11) is 0. The van der Waals surface area contributed by atoms with Crippen LogP contribution in [0.25, 0.3) is 0 Å². The molecule has 1 aliphatic rings. The normalized spacial score (nSPS) is 17.8. The highest BCUT2D eigenvalue weighted by Gasteiger charge is 2.37. The predicted molar refractivity (Wildman–Crippen MR) is 85.6 cm³/mol. The van der Waals surface area contributed by atoms with Crippen molar-refractivity contribution in [2.24, 2.45) is 11.0 Å². The largest absolute Gasteiger partial charge is 0.498 e. The molecule has 23 heavy (non-hydrogen) atoms. The van der Waals surface area contributed by atoms with Crippen molar-refractivity contribution in [2.75, 3.05) is 6.61 Å². The summed E-state index contributed by atoms with van der Waals surface area (Å²) in [5.74, 6) is -1.84. The molecule has 0 saturated heterocycles. The van der Waals surface area contributed by atoms with Crippen LogP contribution in [0, 0.1) is 5.92 Å². The second-order valence-electron chi connectivity index (χ2n) is 5.26. The molecule has 0 fully saturated rings. The van der Waals surface area contributed by atoms with Crippen LogP contribution in [0.1, 0.15) is 26.3 Å². The van der Waals surface area contributed by atoms with Gasteiger partial charge in [0.2, 0.25) is 0 Å². The van der Waals surface area contributed by atoms with Crippen LogP contribution in [0.5, 0.6) is 0 Å². The number of allylic oxidation sites excluding steroid dienone is 1. The number of nitrogens with zero attached hydrogens (tertiary/aromatic N) is 2. The van der Waals surface area contributed by atoms with Gasteiger partial charge in [0.25, 0.3) is 5.91 Å². The first-order valence-corrected chi connectivity index (χ1v) is 7.46. The van der Waals surface area contributed by atoms with Crippen molar-refractivity contribution in [3.63, 3.8) is 0 Å². The minimum Gasteiger partial charge on any atom is -0.498 e. The Labute approximate surface area is 135 Å². The minimum atomic E-state index is -1.03. The molecule has 1 N–H and O–H groups in total. The average Bonchev–Trinajstić information content (AvgIpc) is 2.84. The molecule has 0 bridgehead atoms. The fraction of sp³-hybridized carbons (Fsp3) is 0.353. The number of amides is 1. The van der Waals surface area contributed by atoms with E-state index in [9.17, 15) is 14.7 Å². The van der Waals surface area contributed by atoms with Crippen molar-refractivity contribution < 1.29 is 19.4 Å². The quantitative estimate of drug-likeness (QED) is 0.645. The van der Waals surface area contributed by atoms with E-state index in [0.717, 1.165) is 5.56 Å². The minimum absolute atomic E-state index is 0.240. The molecule has 6 heteroatoms. The van der Waals surface area contributed by atoms with Gasteiger partial charge in [0.05, 0.1) is 24.8 Å². The Kier molecular flexibility index (Phi) is 5.16. The lowest BCUT2D eigenvalue weighted by molar-refractivity contribution is -0.138. The highest BCUT2D eigenvalue weighted by Crippen LogP contribution is 2.25. The maximum absolute atomic E-state index is 12.6. The number of hydrogen-bond acceptors (Lipinski definition) is 4. The second-order valence-corrected chi connectivity index (χ2v) is 5.26. The topological polar surface area (TPSA) is 79.2 Å². The van der Waals surface area contributed by atoms with Gasteiger partial charge in [-0.25, -0.2) is 5.01 Å². The van der Waals surface area contributed by atoms with Gasteiger partial charge in [0.15, 0.2) is 0 Å². The Morgan fingerprint density at radius 3 is 2.57 bits per heavy atom. The van der Waals surface area contributed by atoms with E-state index >= 15 is 0 Å². The number of ether oxygens (including phenoxy) is 1. The summed E-state index contributed by atoms with van der Waals surface area (Å²) in [5.41, 5.74) is 1.41. The van der Waals surface area contributed by atoms with E-state index in [0.29, 0.717) is 18.9 Å². The van der Waals surface area contributed by atoms with Crippen LogP contribution >= 0.6 is 0 Å². The summed E-state index contributed by atoms with van der Waals surface area (Å²) in [6.45, 7) is 5.67. The first kappa shape index (κ1) is 16.7. The van der Waals surface area contributed by atoms with Gasteiger partial charge < -0.3 is 9.84 Å². The number of hydrogen-bond donors (Lipinski definition) is 1. The molecule has 1 aliphatic heterocycles. The molecule has 1 heterocycles. The molecular weight excluding hydrogens is 296 g/mol. The summed E-state index contributed by atoms with van der Waals surface area (Å²) in [6.07, 6.45) is 0. The lowest BCUT2D eigenvalue weighted by Crippen LogP contribution is -2.25. The molecule has 2 rings (SSSR count). The summed E-state index contributed by atoms with van der Waals surface area (Å²) in [6, 6.07) is 9.42. The van der Waals surface area contributed by atoms with Crippen LogP contribution in [0.2, 0.25) is 0 Å².